The van der Waals surface area contributed by atoms with Crippen molar-refractivity contribution in [3.63, 3.8) is 0 Å². The number of aryl methyl sites for hydroxylation is 1. The molecule has 2 aromatic heterocycles. The van der Waals surface area contributed by atoms with Gasteiger partial charge in [0.15, 0.2) is 0 Å². The van der Waals surface area contributed by atoms with Crippen LogP contribution >= 0.6 is 27.3 Å². The molecule has 5 heteroatoms. The lowest BCUT2D eigenvalue weighted by Crippen LogP contribution is -2.02. The highest BCUT2D eigenvalue weighted by atomic mass is 79.9. The van der Waals surface area contributed by atoms with E-state index in [1.807, 2.05) is 28.3 Å². The maximum absolute atomic E-state index is 10.4. The Kier molecular flexibility index (Phi) is 3.92. The van der Waals surface area contributed by atoms with Gasteiger partial charge in [-0.25, -0.2) is 0 Å². The molecule has 1 unspecified atom stereocenters. The summed E-state index contributed by atoms with van der Waals surface area (Å²) >= 11 is 4.98. The lowest BCUT2D eigenvalue weighted by molar-refractivity contribution is 0.181. The number of halogens is 1. The molecule has 3 rings (SSSR count). The fourth-order valence-electron chi connectivity index (χ4n) is 2.37. The van der Waals surface area contributed by atoms with Crippen LogP contribution in [-0.4, -0.2) is 14.9 Å². The van der Waals surface area contributed by atoms with Crippen molar-refractivity contribution in [3.05, 3.63) is 50.8 Å². The molecule has 1 atom stereocenters. The molecule has 3 nitrogen and oxygen atoms in total. The number of benzene rings is 1. The maximum atomic E-state index is 10.4. The van der Waals surface area contributed by atoms with Gasteiger partial charge in [0.05, 0.1) is 17.3 Å². The zero-order valence-electron chi connectivity index (χ0n) is 11.1. The minimum atomic E-state index is -0.505. The summed E-state index contributed by atoms with van der Waals surface area (Å²) in [4.78, 5) is 0.965. The van der Waals surface area contributed by atoms with Gasteiger partial charge in [0.1, 0.15) is 0 Å². The molecule has 0 amide bonds. The smallest absolute Gasteiger partial charge is 0.0938 e. The molecule has 3 aromatic rings. The number of hydrogen-bond acceptors (Lipinski definition) is 3. The van der Waals surface area contributed by atoms with Crippen LogP contribution in [0.3, 0.4) is 0 Å². The van der Waals surface area contributed by atoms with Crippen molar-refractivity contribution in [1.29, 1.82) is 0 Å². The summed E-state index contributed by atoms with van der Waals surface area (Å²) in [6.07, 6.45) is 0.0374. The Balaban J connectivity index is 1.94. The molecule has 0 radical (unpaired) electrons. The minimum absolute atomic E-state index is 0.505. The number of thiophene rings is 1. The predicted octanol–water partition coefficient (Wildman–Crippen LogP) is 4.16. The van der Waals surface area contributed by atoms with Crippen molar-refractivity contribution in [2.45, 2.75) is 26.0 Å². The van der Waals surface area contributed by atoms with E-state index in [0.29, 0.717) is 6.42 Å². The zero-order valence-corrected chi connectivity index (χ0v) is 13.5. The van der Waals surface area contributed by atoms with Crippen LogP contribution in [0.2, 0.25) is 0 Å². The SMILES string of the molecule is CCn1nc(CC(O)c2cc(Br)cs2)c2ccccc21. The molecule has 0 fully saturated rings. The Bertz CT molecular complexity index is 734. The van der Waals surface area contributed by atoms with Crippen LogP contribution in [-0.2, 0) is 13.0 Å². The zero-order chi connectivity index (χ0) is 14.1. The van der Waals surface area contributed by atoms with Crippen LogP contribution in [0.15, 0.2) is 40.2 Å². The Morgan fingerprint density at radius 1 is 1.40 bits per heavy atom. The number of hydrogen-bond donors (Lipinski definition) is 1. The molecule has 1 N–H and O–H groups in total. The highest BCUT2D eigenvalue weighted by Crippen LogP contribution is 2.29. The van der Waals surface area contributed by atoms with Crippen molar-refractivity contribution < 1.29 is 5.11 Å². The number of rotatable bonds is 4. The first-order chi connectivity index (χ1) is 9.69. The summed E-state index contributed by atoms with van der Waals surface area (Å²) < 4.78 is 3.00. The second kappa shape index (κ2) is 5.68. The number of aliphatic hydroxyl groups excluding tert-OH is 1. The Labute approximate surface area is 130 Å². The lowest BCUT2D eigenvalue weighted by atomic mass is 10.1. The number of para-hydroxylation sites is 1. The molecular weight excluding hydrogens is 336 g/mol. The van der Waals surface area contributed by atoms with Gasteiger partial charge in [-0.15, -0.1) is 11.3 Å². The average molecular weight is 351 g/mol. The van der Waals surface area contributed by atoms with E-state index in [9.17, 15) is 5.11 Å². The van der Waals surface area contributed by atoms with E-state index < -0.39 is 6.10 Å². The Hall–Kier alpha value is -1.17. The van der Waals surface area contributed by atoms with Gasteiger partial charge >= 0.3 is 0 Å². The standard InChI is InChI=1S/C15H15BrN2OS/c1-2-18-13-6-4-3-5-11(13)12(17-18)8-14(19)15-7-10(16)9-20-15/h3-7,9,14,19H,2,8H2,1H3. The molecule has 1 aromatic carbocycles. The van der Waals surface area contributed by atoms with Crippen molar-refractivity contribution in [3.8, 4) is 0 Å². The third kappa shape index (κ3) is 2.53. The summed E-state index contributed by atoms with van der Waals surface area (Å²) in [5.74, 6) is 0. The van der Waals surface area contributed by atoms with Crippen molar-refractivity contribution >= 4 is 38.2 Å². The highest BCUT2D eigenvalue weighted by molar-refractivity contribution is 9.10. The summed E-state index contributed by atoms with van der Waals surface area (Å²) in [6, 6.07) is 10.1. The first kappa shape index (κ1) is 13.8. The van der Waals surface area contributed by atoms with Crippen LogP contribution in [0.1, 0.15) is 23.6 Å². The minimum Gasteiger partial charge on any atom is -0.387 e. The van der Waals surface area contributed by atoms with Gasteiger partial charge in [0, 0.05) is 33.1 Å². The predicted molar refractivity (Wildman–Crippen MR) is 86.1 cm³/mol. The summed E-state index contributed by atoms with van der Waals surface area (Å²) in [5.41, 5.74) is 2.09. The second-order valence-corrected chi connectivity index (χ2v) is 6.53. The number of aromatic nitrogens is 2. The molecular formula is C15H15BrN2OS. The van der Waals surface area contributed by atoms with Crippen molar-refractivity contribution in [2.75, 3.05) is 0 Å². The van der Waals surface area contributed by atoms with Gasteiger partial charge in [-0.2, -0.15) is 5.10 Å². The number of fused-ring (bicyclic) bond motifs is 1. The van der Waals surface area contributed by atoms with E-state index in [1.54, 1.807) is 11.3 Å². The van der Waals surface area contributed by atoms with Crippen LogP contribution < -0.4 is 0 Å². The van der Waals surface area contributed by atoms with E-state index >= 15 is 0 Å². The molecule has 0 saturated carbocycles. The first-order valence-corrected chi connectivity index (χ1v) is 8.22. The third-order valence-corrected chi connectivity index (χ3v) is 5.13. The summed E-state index contributed by atoms with van der Waals surface area (Å²) in [6.45, 7) is 2.91. The Morgan fingerprint density at radius 2 is 2.20 bits per heavy atom. The summed E-state index contributed by atoms with van der Waals surface area (Å²) in [7, 11) is 0. The maximum Gasteiger partial charge on any atom is 0.0938 e. The molecule has 0 aliphatic carbocycles. The van der Waals surface area contributed by atoms with Gasteiger partial charge in [-0.05, 0) is 35.0 Å². The quantitative estimate of drug-likeness (QED) is 0.767. The molecule has 20 heavy (non-hydrogen) atoms. The van der Waals surface area contributed by atoms with Crippen molar-refractivity contribution in [2.24, 2.45) is 0 Å². The molecule has 0 aliphatic rings. The first-order valence-electron chi connectivity index (χ1n) is 6.55. The monoisotopic (exact) mass is 350 g/mol. The van der Waals surface area contributed by atoms with E-state index in [0.717, 1.165) is 32.5 Å². The molecule has 0 bridgehead atoms. The van der Waals surface area contributed by atoms with E-state index in [1.165, 1.54) is 0 Å². The topological polar surface area (TPSA) is 38.0 Å². The van der Waals surface area contributed by atoms with E-state index in [2.05, 4.69) is 40.1 Å². The van der Waals surface area contributed by atoms with Crippen LogP contribution in [0, 0.1) is 0 Å². The number of nitrogens with zero attached hydrogens (tertiary/aromatic N) is 2. The Morgan fingerprint density at radius 3 is 2.90 bits per heavy atom. The largest absolute Gasteiger partial charge is 0.387 e. The van der Waals surface area contributed by atoms with E-state index in [4.69, 9.17) is 0 Å². The fraction of sp³-hybridized carbons (Fsp3) is 0.267. The molecule has 0 aliphatic heterocycles. The third-order valence-electron chi connectivity index (χ3n) is 3.34. The second-order valence-electron chi connectivity index (χ2n) is 4.67. The van der Waals surface area contributed by atoms with Gasteiger partial charge < -0.3 is 5.11 Å². The highest BCUT2D eigenvalue weighted by Gasteiger charge is 2.16. The normalized spacial score (nSPS) is 12.9. The lowest BCUT2D eigenvalue weighted by Gasteiger charge is -2.06. The van der Waals surface area contributed by atoms with Gasteiger partial charge in [-0.1, -0.05) is 18.2 Å². The van der Waals surface area contributed by atoms with E-state index in [-0.39, 0.29) is 0 Å². The molecule has 0 spiro atoms. The van der Waals surface area contributed by atoms with Gasteiger partial charge in [0.2, 0.25) is 0 Å². The molecule has 104 valence electrons. The van der Waals surface area contributed by atoms with Crippen LogP contribution in [0.25, 0.3) is 10.9 Å². The molecule has 0 saturated heterocycles. The fourth-order valence-corrected chi connectivity index (χ4v) is 3.81. The number of aliphatic hydroxyl groups is 1. The van der Waals surface area contributed by atoms with Gasteiger partial charge in [-0.3, -0.25) is 4.68 Å². The molecule has 2 heterocycles. The van der Waals surface area contributed by atoms with Gasteiger partial charge in [0.25, 0.3) is 0 Å². The summed E-state index contributed by atoms with van der Waals surface area (Å²) in [5, 5.41) is 18.1. The van der Waals surface area contributed by atoms with Crippen LogP contribution in [0.4, 0.5) is 0 Å². The van der Waals surface area contributed by atoms with Crippen molar-refractivity contribution in [1.82, 2.24) is 9.78 Å². The average Bonchev–Trinajstić information content (AvgIpc) is 3.03. The van der Waals surface area contributed by atoms with Crippen LogP contribution in [0.5, 0.6) is 0 Å².